The first kappa shape index (κ1) is 14.5. The summed E-state index contributed by atoms with van der Waals surface area (Å²) in [5.74, 6) is 0.837. The van der Waals surface area contributed by atoms with Crippen molar-refractivity contribution in [2.45, 2.75) is 17.8 Å². The molecule has 2 heterocycles. The molecule has 0 aliphatic carbocycles. The molecule has 0 radical (unpaired) electrons. The number of benzene rings is 1. The number of aromatic nitrogens is 4. The molecule has 22 heavy (non-hydrogen) atoms. The molecular formula is C16H15N5S. The predicted molar refractivity (Wildman–Crippen MR) is 88.0 cm³/mol. The van der Waals surface area contributed by atoms with Crippen LogP contribution in [0.4, 0.5) is 0 Å². The maximum absolute atomic E-state index is 4.38. The van der Waals surface area contributed by atoms with E-state index < -0.39 is 0 Å². The molecule has 0 fully saturated rings. The number of nitrogens with zero attached hydrogens (tertiary/aromatic N) is 5. The highest BCUT2D eigenvalue weighted by Crippen LogP contribution is 2.20. The molecule has 3 aromatic rings. The van der Waals surface area contributed by atoms with Crippen LogP contribution >= 0.6 is 11.8 Å². The average molecular weight is 309 g/mol. The second kappa shape index (κ2) is 7.00. The maximum Gasteiger partial charge on any atom is 0.212 e. The fourth-order valence-electron chi connectivity index (χ4n) is 1.80. The lowest BCUT2D eigenvalue weighted by Crippen LogP contribution is -1.93. The Balaban J connectivity index is 1.67. The minimum absolute atomic E-state index is 0.769. The lowest BCUT2D eigenvalue weighted by Gasteiger charge is -2.02. The summed E-state index contributed by atoms with van der Waals surface area (Å²) in [6.07, 6.45) is 6.84. The van der Waals surface area contributed by atoms with E-state index in [1.54, 1.807) is 41.4 Å². The van der Waals surface area contributed by atoms with Gasteiger partial charge < -0.3 is 0 Å². The van der Waals surface area contributed by atoms with Crippen LogP contribution in [0.2, 0.25) is 0 Å². The van der Waals surface area contributed by atoms with E-state index in [0.29, 0.717) is 0 Å². The Hall–Kier alpha value is -2.47. The van der Waals surface area contributed by atoms with Crippen molar-refractivity contribution in [2.75, 3.05) is 0 Å². The van der Waals surface area contributed by atoms with E-state index >= 15 is 0 Å². The Morgan fingerprint density at radius 3 is 2.68 bits per heavy atom. The number of thioether (sulfide) groups is 1. The van der Waals surface area contributed by atoms with Crippen molar-refractivity contribution in [2.24, 2.45) is 5.10 Å². The quantitative estimate of drug-likeness (QED) is 0.536. The fourth-order valence-corrected chi connectivity index (χ4v) is 2.62. The van der Waals surface area contributed by atoms with E-state index in [4.69, 9.17) is 0 Å². The van der Waals surface area contributed by atoms with Gasteiger partial charge in [-0.05, 0) is 30.2 Å². The normalized spacial score (nSPS) is 11.1. The monoisotopic (exact) mass is 309 g/mol. The van der Waals surface area contributed by atoms with E-state index in [1.807, 2.05) is 12.1 Å². The Morgan fingerprint density at radius 2 is 1.91 bits per heavy atom. The number of hydrogen-bond donors (Lipinski definition) is 0. The summed E-state index contributed by atoms with van der Waals surface area (Å²) in [5, 5.41) is 13.2. The molecule has 0 amide bonds. The van der Waals surface area contributed by atoms with E-state index in [2.05, 4.69) is 51.5 Å². The van der Waals surface area contributed by atoms with Gasteiger partial charge in [-0.25, -0.2) is 0 Å². The first-order valence-electron chi connectivity index (χ1n) is 6.84. The molecule has 0 N–H and O–H groups in total. The van der Waals surface area contributed by atoms with Gasteiger partial charge in [0.15, 0.2) is 0 Å². The maximum atomic E-state index is 4.38. The van der Waals surface area contributed by atoms with E-state index in [9.17, 15) is 0 Å². The van der Waals surface area contributed by atoms with Crippen LogP contribution in [0.5, 0.6) is 0 Å². The average Bonchev–Trinajstić information content (AvgIpc) is 3.01. The first-order chi connectivity index (χ1) is 10.8. The van der Waals surface area contributed by atoms with Crippen molar-refractivity contribution in [3.05, 3.63) is 71.8 Å². The molecule has 0 aliphatic rings. The van der Waals surface area contributed by atoms with Gasteiger partial charge in [0.1, 0.15) is 6.33 Å². The van der Waals surface area contributed by atoms with Crippen LogP contribution in [0, 0.1) is 6.92 Å². The van der Waals surface area contributed by atoms with Gasteiger partial charge in [-0.2, -0.15) is 9.78 Å². The van der Waals surface area contributed by atoms with Crippen molar-refractivity contribution >= 4 is 18.0 Å². The summed E-state index contributed by atoms with van der Waals surface area (Å²) in [5.41, 5.74) is 3.50. The molecule has 6 heteroatoms. The van der Waals surface area contributed by atoms with Gasteiger partial charge in [-0.15, -0.1) is 10.2 Å². The molecular weight excluding hydrogens is 294 g/mol. The molecule has 2 aromatic heterocycles. The Kier molecular flexibility index (Phi) is 4.60. The zero-order valence-corrected chi connectivity index (χ0v) is 12.9. The third-order valence-electron chi connectivity index (χ3n) is 3.03. The van der Waals surface area contributed by atoms with Crippen LogP contribution in [0.3, 0.4) is 0 Å². The van der Waals surface area contributed by atoms with Gasteiger partial charge in [0.2, 0.25) is 5.16 Å². The molecule has 5 nitrogen and oxygen atoms in total. The largest absolute Gasteiger partial charge is 0.265 e. The Morgan fingerprint density at radius 1 is 1.14 bits per heavy atom. The van der Waals surface area contributed by atoms with Gasteiger partial charge in [0.05, 0.1) is 6.21 Å². The highest BCUT2D eigenvalue weighted by Gasteiger charge is 2.04. The van der Waals surface area contributed by atoms with Gasteiger partial charge in [-0.3, -0.25) is 4.98 Å². The predicted octanol–water partition coefficient (Wildman–Crippen LogP) is 3.16. The number of aryl methyl sites for hydroxylation is 1. The molecule has 0 spiro atoms. The summed E-state index contributed by atoms with van der Waals surface area (Å²) in [7, 11) is 0. The van der Waals surface area contributed by atoms with Crippen LogP contribution in [0.25, 0.3) is 0 Å². The van der Waals surface area contributed by atoms with Crippen molar-refractivity contribution in [3.63, 3.8) is 0 Å². The van der Waals surface area contributed by atoms with Crippen molar-refractivity contribution in [3.8, 4) is 0 Å². The lowest BCUT2D eigenvalue weighted by molar-refractivity contribution is 0.767. The molecule has 110 valence electrons. The molecule has 0 bridgehead atoms. The van der Waals surface area contributed by atoms with Crippen LogP contribution in [-0.2, 0) is 5.75 Å². The Labute approximate surface area is 133 Å². The van der Waals surface area contributed by atoms with Crippen molar-refractivity contribution in [1.82, 2.24) is 19.9 Å². The first-order valence-corrected chi connectivity index (χ1v) is 7.82. The second-order valence-corrected chi connectivity index (χ2v) is 5.70. The zero-order valence-electron chi connectivity index (χ0n) is 12.1. The third-order valence-corrected chi connectivity index (χ3v) is 4.03. The smallest absolute Gasteiger partial charge is 0.212 e. The summed E-state index contributed by atoms with van der Waals surface area (Å²) in [6.45, 7) is 2.08. The summed E-state index contributed by atoms with van der Waals surface area (Å²) < 4.78 is 1.68. The molecule has 0 saturated heterocycles. The van der Waals surface area contributed by atoms with Gasteiger partial charge in [0, 0.05) is 18.1 Å². The van der Waals surface area contributed by atoms with Crippen molar-refractivity contribution in [1.29, 1.82) is 0 Å². The summed E-state index contributed by atoms with van der Waals surface area (Å²) in [6, 6.07) is 12.3. The molecule has 0 atom stereocenters. The standard InChI is InChI=1S/C16H15N5S/c1-13-2-4-15(5-3-13)11-22-16-20-18-12-21(16)19-10-14-6-8-17-9-7-14/h2-10,12H,11H2,1H3/b19-10-. The minimum Gasteiger partial charge on any atom is -0.265 e. The Bertz CT molecular complexity index is 750. The van der Waals surface area contributed by atoms with Crippen LogP contribution in [0.15, 0.2) is 65.4 Å². The SMILES string of the molecule is Cc1ccc(CSc2nncn2/N=C\c2ccncc2)cc1. The molecule has 0 unspecified atom stereocenters. The van der Waals surface area contributed by atoms with Crippen molar-refractivity contribution < 1.29 is 0 Å². The highest BCUT2D eigenvalue weighted by molar-refractivity contribution is 7.98. The molecule has 0 saturated carbocycles. The number of hydrogen-bond acceptors (Lipinski definition) is 5. The summed E-state index contributed by atoms with van der Waals surface area (Å²) in [4.78, 5) is 3.98. The summed E-state index contributed by atoms with van der Waals surface area (Å²) >= 11 is 1.61. The van der Waals surface area contributed by atoms with Crippen LogP contribution < -0.4 is 0 Å². The lowest BCUT2D eigenvalue weighted by atomic mass is 10.2. The number of rotatable bonds is 5. The molecule has 3 rings (SSSR count). The zero-order chi connectivity index (χ0) is 15.2. The molecule has 0 aliphatic heterocycles. The minimum atomic E-state index is 0.769. The fraction of sp³-hybridized carbons (Fsp3) is 0.125. The topological polar surface area (TPSA) is 56.0 Å². The second-order valence-electron chi connectivity index (χ2n) is 4.76. The van der Waals surface area contributed by atoms with E-state index in [-0.39, 0.29) is 0 Å². The van der Waals surface area contributed by atoms with E-state index in [0.717, 1.165) is 16.5 Å². The third kappa shape index (κ3) is 3.79. The number of pyridine rings is 1. The van der Waals surface area contributed by atoms with Gasteiger partial charge >= 0.3 is 0 Å². The highest BCUT2D eigenvalue weighted by atomic mass is 32.2. The van der Waals surface area contributed by atoms with Crippen LogP contribution in [0.1, 0.15) is 16.7 Å². The van der Waals surface area contributed by atoms with Gasteiger partial charge in [-0.1, -0.05) is 41.6 Å². The van der Waals surface area contributed by atoms with Crippen LogP contribution in [-0.4, -0.2) is 26.1 Å². The van der Waals surface area contributed by atoms with Gasteiger partial charge in [0.25, 0.3) is 0 Å². The molecule has 1 aromatic carbocycles. The van der Waals surface area contributed by atoms with E-state index in [1.165, 1.54) is 11.1 Å².